The van der Waals surface area contributed by atoms with Gasteiger partial charge < -0.3 is 4.74 Å². The molecule has 0 saturated carbocycles. The molecule has 1 rings (SSSR count). The van der Waals surface area contributed by atoms with E-state index in [0.29, 0.717) is 11.0 Å². The third kappa shape index (κ3) is 7.17. The molecule has 0 aliphatic heterocycles. The molecule has 0 spiro atoms. The van der Waals surface area contributed by atoms with Gasteiger partial charge in [-0.15, -0.1) is 0 Å². The van der Waals surface area contributed by atoms with Crippen molar-refractivity contribution in [2.24, 2.45) is 5.92 Å². The number of thiocarbonyl (C=S) groups is 1. The second-order valence-corrected chi connectivity index (χ2v) is 6.31. The summed E-state index contributed by atoms with van der Waals surface area (Å²) in [7, 11) is 0. The van der Waals surface area contributed by atoms with E-state index in [1.54, 1.807) is 6.92 Å². The van der Waals surface area contributed by atoms with Crippen molar-refractivity contribution in [1.29, 1.82) is 0 Å². The van der Waals surface area contributed by atoms with E-state index < -0.39 is 0 Å². The van der Waals surface area contributed by atoms with E-state index in [2.05, 4.69) is 13.8 Å². The summed E-state index contributed by atoms with van der Waals surface area (Å²) in [5, 5.41) is 0.683. The van der Waals surface area contributed by atoms with Crippen LogP contribution in [-0.2, 0) is 11.2 Å². The normalized spacial score (nSPS) is 12.0. The van der Waals surface area contributed by atoms with Crippen LogP contribution < -0.4 is 0 Å². The van der Waals surface area contributed by atoms with Gasteiger partial charge in [-0.05, 0) is 49.5 Å². The van der Waals surface area contributed by atoms with Crippen LogP contribution in [0.25, 0.3) is 0 Å². The first-order chi connectivity index (χ1) is 10.6. The van der Waals surface area contributed by atoms with Crippen LogP contribution in [0.1, 0.15) is 68.8 Å². The number of hydrogen-bond acceptors (Lipinski definition) is 3. The fourth-order valence-corrected chi connectivity index (χ4v) is 2.54. The first-order valence-electron chi connectivity index (χ1n) is 8.32. The van der Waals surface area contributed by atoms with Crippen molar-refractivity contribution in [3.63, 3.8) is 0 Å². The largest absolute Gasteiger partial charge is 0.487 e. The summed E-state index contributed by atoms with van der Waals surface area (Å²) in [6.07, 6.45) is 6.41. The van der Waals surface area contributed by atoms with Gasteiger partial charge in [0.2, 0.25) is 0 Å². The molecule has 0 bridgehead atoms. The number of ether oxygens (including phenoxy) is 1. The lowest BCUT2D eigenvalue weighted by Crippen LogP contribution is -2.13. The summed E-state index contributed by atoms with van der Waals surface area (Å²) in [5.41, 5.74) is 1.90. The monoisotopic (exact) mass is 320 g/mol. The van der Waals surface area contributed by atoms with Gasteiger partial charge in [0.05, 0.1) is 6.61 Å². The van der Waals surface area contributed by atoms with Crippen molar-refractivity contribution < 1.29 is 9.53 Å². The molecule has 0 fully saturated rings. The molecule has 2 nitrogen and oxygen atoms in total. The summed E-state index contributed by atoms with van der Waals surface area (Å²) in [4.78, 5) is 11.4. The molecule has 1 aromatic carbocycles. The Balaban J connectivity index is 2.36. The lowest BCUT2D eigenvalue weighted by molar-refractivity contribution is 0.101. The molecule has 3 heteroatoms. The first-order valence-corrected chi connectivity index (χ1v) is 8.73. The molecule has 22 heavy (non-hydrogen) atoms. The van der Waals surface area contributed by atoms with Crippen LogP contribution in [0.5, 0.6) is 0 Å². The number of Topliss-reactive ketones (excluding diaryl/α,β-unsaturated/α-hetero) is 1. The quantitative estimate of drug-likeness (QED) is 0.427. The van der Waals surface area contributed by atoms with Gasteiger partial charge in [0.15, 0.2) is 10.8 Å². The Labute approximate surface area is 140 Å². The van der Waals surface area contributed by atoms with Gasteiger partial charge in [0, 0.05) is 12.0 Å². The Morgan fingerprint density at radius 3 is 2.73 bits per heavy atom. The van der Waals surface area contributed by atoms with E-state index in [-0.39, 0.29) is 5.78 Å². The van der Waals surface area contributed by atoms with E-state index in [9.17, 15) is 4.79 Å². The van der Waals surface area contributed by atoms with Gasteiger partial charge in [-0.2, -0.15) is 0 Å². The van der Waals surface area contributed by atoms with E-state index in [1.165, 1.54) is 19.3 Å². The molecule has 1 unspecified atom stereocenters. The number of unbranched alkanes of at least 4 members (excludes halogenated alkanes) is 1. The number of carbonyl (C=O) groups is 1. The van der Waals surface area contributed by atoms with Gasteiger partial charge in [0.25, 0.3) is 0 Å². The lowest BCUT2D eigenvalue weighted by atomic mass is 10.0. The number of benzene rings is 1. The Bertz CT molecular complexity index is 482. The number of rotatable bonds is 10. The maximum atomic E-state index is 11.4. The van der Waals surface area contributed by atoms with Gasteiger partial charge >= 0.3 is 0 Å². The standard InChI is InChI=1S/C19H28O2S/c1-4-6-8-16(5-2)14-21-19(22)12-11-17-9-7-10-18(13-17)15(3)20/h7,9-10,13,16H,4-6,8,11-12,14H2,1-3H3. The summed E-state index contributed by atoms with van der Waals surface area (Å²) >= 11 is 5.33. The highest BCUT2D eigenvalue weighted by molar-refractivity contribution is 7.80. The zero-order valence-electron chi connectivity index (χ0n) is 14.1. The topological polar surface area (TPSA) is 26.3 Å². The summed E-state index contributed by atoms with van der Waals surface area (Å²) in [6.45, 7) is 6.75. The molecule has 0 aromatic heterocycles. The van der Waals surface area contributed by atoms with E-state index in [4.69, 9.17) is 17.0 Å². The summed E-state index contributed by atoms with van der Waals surface area (Å²) in [5.74, 6) is 0.710. The lowest BCUT2D eigenvalue weighted by Gasteiger charge is -2.16. The summed E-state index contributed by atoms with van der Waals surface area (Å²) < 4.78 is 5.76. The SMILES string of the molecule is CCCCC(CC)COC(=S)CCc1cccc(C(C)=O)c1. The molecule has 0 amide bonds. The Morgan fingerprint density at radius 2 is 2.09 bits per heavy atom. The zero-order chi connectivity index (χ0) is 16.4. The van der Waals surface area contributed by atoms with Gasteiger partial charge in [0.1, 0.15) is 0 Å². The van der Waals surface area contributed by atoms with Gasteiger partial charge in [-0.3, -0.25) is 4.79 Å². The average molecular weight is 320 g/mol. The van der Waals surface area contributed by atoms with Crippen LogP contribution in [0.2, 0.25) is 0 Å². The highest BCUT2D eigenvalue weighted by Crippen LogP contribution is 2.14. The molecule has 1 atom stereocenters. The smallest absolute Gasteiger partial charge is 0.160 e. The van der Waals surface area contributed by atoms with E-state index in [1.807, 2.05) is 24.3 Å². The molecule has 1 aromatic rings. The Hall–Kier alpha value is -1.22. The van der Waals surface area contributed by atoms with Gasteiger partial charge in [-0.1, -0.05) is 51.3 Å². The highest BCUT2D eigenvalue weighted by atomic mass is 32.1. The molecule has 0 heterocycles. The number of aryl methyl sites for hydroxylation is 1. The van der Waals surface area contributed by atoms with Crippen LogP contribution in [-0.4, -0.2) is 17.4 Å². The zero-order valence-corrected chi connectivity index (χ0v) is 14.9. The van der Waals surface area contributed by atoms with Crippen molar-refractivity contribution in [1.82, 2.24) is 0 Å². The van der Waals surface area contributed by atoms with E-state index in [0.717, 1.165) is 37.0 Å². The predicted molar refractivity (Wildman–Crippen MR) is 96.6 cm³/mol. The molecular weight excluding hydrogens is 292 g/mol. The van der Waals surface area contributed by atoms with Gasteiger partial charge in [-0.25, -0.2) is 0 Å². The fraction of sp³-hybridized carbons (Fsp3) is 0.579. The maximum absolute atomic E-state index is 11.4. The van der Waals surface area contributed by atoms with Crippen LogP contribution in [0.4, 0.5) is 0 Å². The van der Waals surface area contributed by atoms with Crippen LogP contribution in [0.15, 0.2) is 24.3 Å². The van der Waals surface area contributed by atoms with Crippen LogP contribution in [0, 0.1) is 5.92 Å². The minimum atomic E-state index is 0.0994. The molecule has 0 aliphatic carbocycles. The maximum Gasteiger partial charge on any atom is 0.160 e. The second-order valence-electron chi connectivity index (χ2n) is 5.86. The van der Waals surface area contributed by atoms with Crippen molar-refractivity contribution in [3.8, 4) is 0 Å². The number of hydrogen-bond donors (Lipinski definition) is 0. The third-order valence-electron chi connectivity index (χ3n) is 3.97. The molecule has 0 aliphatic rings. The Kier molecular flexibility index (Phi) is 8.98. The third-order valence-corrected chi connectivity index (χ3v) is 4.30. The van der Waals surface area contributed by atoms with Crippen molar-refractivity contribution in [2.45, 2.75) is 59.3 Å². The average Bonchev–Trinajstić information content (AvgIpc) is 2.53. The molecule has 122 valence electrons. The molecule has 0 saturated heterocycles. The fourth-order valence-electron chi connectivity index (χ4n) is 2.37. The molecular formula is C19H28O2S. The van der Waals surface area contributed by atoms with Crippen LogP contribution in [0.3, 0.4) is 0 Å². The predicted octanol–water partition coefficient (Wildman–Crippen LogP) is 5.38. The first kappa shape index (κ1) is 18.8. The minimum Gasteiger partial charge on any atom is -0.487 e. The van der Waals surface area contributed by atoms with E-state index >= 15 is 0 Å². The highest BCUT2D eigenvalue weighted by Gasteiger charge is 2.08. The van der Waals surface area contributed by atoms with Crippen molar-refractivity contribution >= 4 is 23.1 Å². The summed E-state index contributed by atoms with van der Waals surface area (Å²) in [6, 6.07) is 7.75. The number of ketones is 1. The van der Waals surface area contributed by atoms with Crippen molar-refractivity contribution in [2.75, 3.05) is 6.61 Å². The molecule has 0 N–H and O–H groups in total. The van der Waals surface area contributed by atoms with Crippen LogP contribution >= 0.6 is 12.2 Å². The minimum absolute atomic E-state index is 0.0994. The molecule has 0 radical (unpaired) electrons. The second kappa shape index (κ2) is 10.5. The van der Waals surface area contributed by atoms with Crippen molar-refractivity contribution in [3.05, 3.63) is 35.4 Å². The number of carbonyl (C=O) groups excluding carboxylic acids is 1. The Morgan fingerprint density at radius 1 is 1.32 bits per heavy atom.